The molecule has 0 spiro atoms. The molecule has 0 N–H and O–H groups in total. The first kappa shape index (κ1) is 19.4. The van der Waals surface area contributed by atoms with E-state index < -0.39 is 35.4 Å². The van der Waals surface area contributed by atoms with Crippen LogP contribution in [-0.4, -0.2) is 42.5 Å². The molecule has 0 radical (unpaired) electrons. The first-order valence-electron chi connectivity index (χ1n) is 9.10. The molecule has 0 saturated carbocycles. The Morgan fingerprint density at radius 2 is 0.960 bits per heavy atom. The summed E-state index contributed by atoms with van der Waals surface area (Å²) in [4.78, 5) is 0. The van der Waals surface area contributed by atoms with Crippen molar-refractivity contribution in [3.05, 3.63) is 48.5 Å². The summed E-state index contributed by atoms with van der Waals surface area (Å²) in [6.45, 7) is 16.3. The minimum atomic E-state index is -3.38. The predicted molar refractivity (Wildman–Crippen MR) is 118 cm³/mol. The van der Waals surface area contributed by atoms with Crippen molar-refractivity contribution >= 4 is 60.0 Å². The Labute approximate surface area is 160 Å². The van der Waals surface area contributed by atoms with Crippen molar-refractivity contribution in [2.45, 2.75) is 46.1 Å². The SMILES string of the molecule is CB1[O][Sn]([c]2ccc([Si](C)(C)C)cc2)([c]2ccc([Si](C)(C)C)cc2)[O]1. The molecule has 0 unspecified atom stereocenters. The molecule has 2 nitrogen and oxygen atoms in total. The number of hydrogen-bond donors (Lipinski definition) is 0. The van der Waals surface area contributed by atoms with Gasteiger partial charge in [-0.25, -0.2) is 0 Å². The molecular weight excluding hydrogens is 446 g/mol. The van der Waals surface area contributed by atoms with Gasteiger partial charge in [0.05, 0.1) is 0 Å². The van der Waals surface area contributed by atoms with E-state index in [4.69, 9.17) is 5.98 Å². The molecule has 1 aliphatic rings. The molecule has 2 aromatic rings. The Morgan fingerprint density at radius 1 is 0.640 bits per heavy atom. The summed E-state index contributed by atoms with van der Waals surface area (Å²) in [7, 11) is -2.64. The molecule has 0 atom stereocenters. The van der Waals surface area contributed by atoms with Crippen molar-refractivity contribution in [1.29, 1.82) is 0 Å². The standard InChI is InChI=1S/2C9H13Si.CH3BO2.Sn/c2*1-10(2,3)9-7-5-4-6-8-9;1-2(3)4;/h2*5-8H,1-3H3;1H3;/q;;-2;+2. The summed E-state index contributed by atoms with van der Waals surface area (Å²) in [6.07, 6.45) is 0. The van der Waals surface area contributed by atoms with E-state index in [1.54, 1.807) is 0 Å². The van der Waals surface area contributed by atoms with Crippen LogP contribution in [0.5, 0.6) is 0 Å². The molecule has 0 aromatic heterocycles. The van der Waals surface area contributed by atoms with E-state index in [0.29, 0.717) is 0 Å². The molecule has 132 valence electrons. The third-order valence-electron chi connectivity index (χ3n) is 4.93. The van der Waals surface area contributed by atoms with Crippen molar-refractivity contribution < 1.29 is 5.98 Å². The molecule has 1 aliphatic heterocycles. The fourth-order valence-corrected chi connectivity index (χ4v) is 14.3. The Balaban J connectivity index is 1.97. The van der Waals surface area contributed by atoms with Crippen LogP contribution < -0.4 is 17.5 Å². The van der Waals surface area contributed by atoms with Gasteiger partial charge < -0.3 is 0 Å². The van der Waals surface area contributed by atoms with Gasteiger partial charge in [-0.05, 0) is 0 Å². The normalized spacial score (nSPS) is 17.3. The van der Waals surface area contributed by atoms with Gasteiger partial charge in [-0.1, -0.05) is 0 Å². The second kappa shape index (κ2) is 6.67. The molecule has 1 fully saturated rings. The summed E-state index contributed by atoms with van der Waals surface area (Å²) in [5.74, 6) is 0. The predicted octanol–water partition coefficient (Wildman–Crippen LogP) is 2.50. The summed E-state index contributed by atoms with van der Waals surface area (Å²) in [5.41, 5.74) is 0. The van der Waals surface area contributed by atoms with E-state index in [0.717, 1.165) is 0 Å². The summed E-state index contributed by atoms with van der Waals surface area (Å²) >= 11 is -3.38. The summed E-state index contributed by atoms with van der Waals surface area (Å²) in [6, 6.07) is 18.3. The fourth-order valence-electron chi connectivity index (χ4n) is 3.29. The van der Waals surface area contributed by atoms with Crippen LogP contribution in [0.3, 0.4) is 0 Å². The second-order valence-electron chi connectivity index (χ2n) is 9.07. The first-order chi connectivity index (χ1) is 11.5. The molecule has 2 aromatic carbocycles. The van der Waals surface area contributed by atoms with Gasteiger partial charge in [0.1, 0.15) is 0 Å². The molecule has 0 amide bonds. The van der Waals surface area contributed by atoms with E-state index in [1.165, 1.54) is 17.5 Å². The summed E-state index contributed by atoms with van der Waals surface area (Å²) < 4.78 is 15.3. The molecule has 3 rings (SSSR count). The second-order valence-corrected chi connectivity index (χ2v) is 27.4. The molecule has 25 heavy (non-hydrogen) atoms. The van der Waals surface area contributed by atoms with Gasteiger partial charge in [-0.3, -0.25) is 0 Å². The minimum absolute atomic E-state index is 0.0795. The van der Waals surface area contributed by atoms with Gasteiger partial charge in [0.25, 0.3) is 0 Å². The number of benzene rings is 2. The van der Waals surface area contributed by atoms with Gasteiger partial charge in [0.2, 0.25) is 0 Å². The van der Waals surface area contributed by atoms with Crippen LogP contribution >= 0.6 is 0 Å². The molecule has 6 heteroatoms. The average molecular weight is 475 g/mol. The van der Waals surface area contributed by atoms with Gasteiger partial charge >= 0.3 is 161 Å². The fraction of sp³-hybridized carbons (Fsp3) is 0.368. The van der Waals surface area contributed by atoms with Crippen molar-refractivity contribution in [1.82, 2.24) is 0 Å². The van der Waals surface area contributed by atoms with Crippen molar-refractivity contribution in [3.63, 3.8) is 0 Å². The van der Waals surface area contributed by atoms with Crippen LogP contribution in [0.4, 0.5) is 0 Å². The Hall–Kier alpha value is -0.343. The van der Waals surface area contributed by atoms with Crippen LogP contribution in [0, 0.1) is 0 Å². The van der Waals surface area contributed by atoms with Crippen LogP contribution in [0.1, 0.15) is 0 Å². The van der Waals surface area contributed by atoms with E-state index >= 15 is 0 Å². The van der Waals surface area contributed by atoms with E-state index in [-0.39, 0.29) is 7.12 Å². The average Bonchev–Trinajstić information content (AvgIpc) is 2.50. The first-order valence-corrected chi connectivity index (χ1v) is 21.3. The molecule has 1 heterocycles. The maximum atomic E-state index is 6.36. The number of rotatable bonds is 4. The Kier molecular flexibility index (Phi) is 5.18. The third-order valence-corrected chi connectivity index (χ3v) is 19.1. The van der Waals surface area contributed by atoms with Crippen molar-refractivity contribution in [3.8, 4) is 0 Å². The molecule has 0 bridgehead atoms. The van der Waals surface area contributed by atoms with Gasteiger partial charge in [-0.15, -0.1) is 0 Å². The van der Waals surface area contributed by atoms with Gasteiger partial charge in [0.15, 0.2) is 0 Å². The maximum absolute atomic E-state index is 6.36. The zero-order valence-electron chi connectivity index (χ0n) is 16.5. The zero-order valence-corrected chi connectivity index (χ0v) is 21.4. The summed E-state index contributed by atoms with van der Waals surface area (Å²) in [5, 5.41) is 2.97. The quantitative estimate of drug-likeness (QED) is 0.634. The monoisotopic (exact) mass is 476 g/mol. The zero-order chi connectivity index (χ0) is 18.5. The number of hydrogen-bond acceptors (Lipinski definition) is 2. The van der Waals surface area contributed by atoms with Crippen LogP contribution in [0.2, 0.25) is 46.1 Å². The van der Waals surface area contributed by atoms with Gasteiger partial charge in [-0.2, -0.15) is 0 Å². The van der Waals surface area contributed by atoms with E-state index in [2.05, 4.69) is 87.8 Å². The molecule has 0 aliphatic carbocycles. The topological polar surface area (TPSA) is 18.5 Å². The van der Waals surface area contributed by atoms with Crippen LogP contribution in [0.15, 0.2) is 48.5 Å². The van der Waals surface area contributed by atoms with Crippen LogP contribution in [0.25, 0.3) is 0 Å². The van der Waals surface area contributed by atoms with E-state index in [1.807, 2.05) is 6.82 Å². The molecular formula is C19H29BO2Si2Sn. The third kappa shape index (κ3) is 3.85. The van der Waals surface area contributed by atoms with Gasteiger partial charge in [0, 0.05) is 0 Å². The molecule has 1 saturated heterocycles. The van der Waals surface area contributed by atoms with Crippen molar-refractivity contribution in [2.24, 2.45) is 0 Å². The van der Waals surface area contributed by atoms with Crippen molar-refractivity contribution in [2.75, 3.05) is 0 Å². The van der Waals surface area contributed by atoms with E-state index in [9.17, 15) is 0 Å². The van der Waals surface area contributed by atoms with Crippen LogP contribution in [-0.2, 0) is 5.98 Å². The Bertz CT molecular complexity index is 683. The Morgan fingerprint density at radius 3 is 1.20 bits per heavy atom.